The molecule has 1 aliphatic heterocycles. The van der Waals surface area contributed by atoms with E-state index >= 15 is 0 Å². The van der Waals surface area contributed by atoms with Gasteiger partial charge in [-0.05, 0) is 6.92 Å². The van der Waals surface area contributed by atoms with E-state index < -0.39 is 0 Å². The summed E-state index contributed by atoms with van der Waals surface area (Å²) in [6.07, 6.45) is 1.83. The highest BCUT2D eigenvalue weighted by molar-refractivity contribution is 5.39. The maximum atomic E-state index is 5.38. The fourth-order valence-corrected chi connectivity index (χ4v) is 1.72. The number of aromatic nitrogens is 2. The van der Waals surface area contributed by atoms with Crippen LogP contribution in [0.1, 0.15) is 6.92 Å². The fraction of sp³-hybridized carbons (Fsp3) is 0.667. The number of hydrogen-bond donors (Lipinski definition) is 0. The number of hydrogen-bond acceptors (Lipinski definition) is 3. The zero-order valence-corrected chi connectivity index (χ0v) is 8.10. The monoisotopic (exact) mass is 181 g/mol. The van der Waals surface area contributed by atoms with Gasteiger partial charge in [0.25, 0.3) is 0 Å². The molecule has 1 aromatic rings. The highest BCUT2D eigenvalue weighted by atomic mass is 16.5. The molecular formula is C9H15N3O. The maximum Gasteiger partial charge on any atom is 0.126 e. The number of ether oxygens (including phenoxy) is 1. The van der Waals surface area contributed by atoms with Gasteiger partial charge in [0, 0.05) is 19.7 Å². The van der Waals surface area contributed by atoms with Gasteiger partial charge >= 0.3 is 0 Å². The molecule has 0 aliphatic carbocycles. The summed E-state index contributed by atoms with van der Waals surface area (Å²) in [5.74, 6) is 1.18. The average Bonchev–Trinajstić information content (AvgIpc) is 2.52. The number of morpholine rings is 1. The Hall–Kier alpha value is -1.03. The van der Waals surface area contributed by atoms with Crippen LogP contribution in [-0.2, 0) is 11.8 Å². The minimum atomic E-state index is 0.448. The number of nitrogens with zero attached hydrogens (tertiary/aromatic N) is 3. The Morgan fingerprint density at radius 2 is 2.46 bits per heavy atom. The highest BCUT2D eigenvalue weighted by Crippen LogP contribution is 2.17. The molecule has 72 valence electrons. The van der Waals surface area contributed by atoms with Gasteiger partial charge in [-0.25, -0.2) is 0 Å². The second kappa shape index (κ2) is 3.38. The Morgan fingerprint density at radius 3 is 3.08 bits per heavy atom. The van der Waals surface area contributed by atoms with E-state index in [0.717, 1.165) is 19.8 Å². The predicted molar refractivity (Wildman–Crippen MR) is 50.8 cm³/mol. The minimum absolute atomic E-state index is 0.448. The van der Waals surface area contributed by atoms with E-state index in [-0.39, 0.29) is 0 Å². The van der Waals surface area contributed by atoms with Gasteiger partial charge in [-0.1, -0.05) is 0 Å². The Labute approximate surface area is 78.1 Å². The Morgan fingerprint density at radius 1 is 1.62 bits per heavy atom. The molecule has 1 aliphatic rings. The Kier molecular flexibility index (Phi) is 2.22. The number of rotatable bonds is 1. The van der Waals surface area contributed by atoms with E-state index in [1.54, 1.807) is 0 Å². The van der Waals surface area contributed by atoms with Crippen molar-refractivity contribution in [3.63, 3.8) is 0 Å². The molecule has 4 nitrogen and oxygen atoms in total. The van der Waals surface area contributed by atoms with Gasteiger partial charge in [-0.2, -0.15) is 5.10 Å². The van der Waals surface area contributed by atoms with Crippen LogP contribution in [0, 0.1) is 0 Å². The van der Waals surface area contributed by atoms with E-state index in [1.165, 1.54) is 5.82 Å². The maximum absolute atomic E-state index is 5.38. The summed E-state index contributed by atoms with van der Waals surface area (Å²) >= 11 is 0. The van der Waals surface area contributed by atoms with Crippen LogP contribution in [-0.4, -0.2) is 35.6 Å². The molecule has 0 bridgehead atoms. The van der Waals surface area contributed by atoms with Crippen molar-refractivity contribution in [1.29, 1.82) is 0 Å². The Balaban J connectivity index is 2.19. The number of aryl methyl sites for hydroxylation is 1. The van der Waals surface area contributed by atoms with Crippen LogP contribution in [0.2, 0.25) is 0 Å². The quantitative estimate of drug-likeness (QED) is 0.637. The van der Waals surface area contributed by atoms with Crippen LogP contribution in [0.15, 0.2) is 12.3 Å². The third-order valence-electron chi connectivity index (χ3n) is 2.46. The lowest BCUT2D eigenvalue weighted by molar-refractivity contribution is 0.0981. The van der Waals surface area contributed by atoms with Crippen LogP contribution < -0.4 is 4.90 Å². The minimum Gasteiger partial charge on any atom is -0.377 e. The first kappa shape index (κ1) is 8.56. The summed E-state index contributed by atoms with van der Waals surface area (Å²) in [6, 6.07) is 2.49. The molecule has 0 unspecified atom stereocenters. The second-order valence-electron chi connectivity index (χ2n) is 3.43. The Bertz CT molecular complexity index is 284. The zero-order chi connectivity index (χ0) is 9.26. The summed E-state index contributed by atoms with van der Waals surface area (Å²) in [5.41, 5.74) is 0. The van der Waals surface area contributed by atoms with Crippen LogP contribution >= 0.6 is 0 Å². The van der Waals surface area contributed by atoms with Crippen molar-refractivity contribution in [1.82, 2.24) is 9.78 Å². The van der Waals surface area contributed by atoms with Gasteiger partial charge in [0.2, 0.25) is 0 Å². The van der Waals surface area contributed by atoms with E-state index in [2.05, 4.69) is 16.9 Å². The summed E-state index contributed by atoms with van der Waals surface area (Å²) in [7, 11) is 1.97. The van der Waals surface area contributed by atoms with E-state index in [0.29, 0.717) is 6.04 Å². The molecule has 0 radical (unpaired) electrons. The van der Waals surface area contributed by atoms with Gasteiger partial charge in [0.05, 0.1) is 25.5 Å². The highest BCUT2D eigenvalue weighted by Gasteiger charge is 2.20. The first-order valence-electron chi connectivity index (χ1n) is 4.61. The lowest BCUT2D eigenvalue weighted by Crippen LogP contribution is -2.44. The molecule has 1 atom stereocenters. The molecule has 0 spiro atoms. The summed E-state index contributed by atoms with van der Waals surface area (Å²) in [4.78, 5) is 2.33. The first-order chi connectivity index (χ1) is 6.29. The van der Waals surface area contributed by atoms with E-state index in [1.807, 2.05) is 24.0 Å². The molecular weight excluding hydrogens is 166 g/mol. The molecule has 1 fully saturated rings. The van der Waals surface area contributed by atoms with E-state index in [9.17, 15) is 0 Å². The van der Waals surface area contributed by atoms with Crippen molar-refractivity contribution in [3.8, 4) is 0 Å². The molecule has 2 heterocycles. The first-order valence-corrected chi connectivity index (χ1v) is 4.61. The summed E-state index contributed by atoms with van der Waals surface area (Å²) < 4.78 is 7.28. The van der Waals surface area contributed by atoms with Gasteiger partial charge in [-0.3, -0.25) is 4.68 Å². The average molecular weight is 181 g/mol. The summed E-state index contributed by atoms with van der Waals surface area (Å²) in [6.45, 7) is 4.76. The van der Waals surface area contributed by atoms with Crippen molar-refractivity contribution >= 4 is 5.82 Å². The lowest BCUT2D eigenvalue weighted by atomic mass is 10.2. The van der Waals surface area contributed by atoms with Crippen molar-refractivity contribution < 1.29 is 4.74 Å². The van der Waals surface area contributed by atoms with Gasteiger partial charge in [0.15, 0.2) is 0 Å². The SMILES string of the molecule is C[C@@H]1COCCN1c1ccnn1C. The predicted octanol–water partition coefficient (Wildman–Crippen LogP) is 0.645. The zero-order valence-electron chi connectivity index (χ0n) is 8.10. The van der Waals surface area contributed by atoms with E-state index in [4.69, 9.17) is 4.74 Å². The number of anilines is 1. The summed E-state index contributed by atoms with van der Waals surface area (Å²) in [5, 5.41) is 4.16. The van der Waals surface area contributed by atoms with Crippen LogP contribution in [0.3, 0.4) is 0 Å². The largest absolute Gasteiger partial charge is 0.377 e. The normalized spacial score (nSPS) is 23.5. The van der Waals surface area contributed by atoms with Crippen LogP contribution in [0.4, 0.5) is 5.82 Å². The van der Waals surface area contributed by atoms with Gasteiger partial charge in [0.1, 0.15) is 5.82 Å². The van der Waals surface area contributed by atoms with Gasteiger partial charge < -0.3 is 9.64 Å². The molecule has 1 saturated heterocycles. The standard InChI is InChI=1S/C9H15N3O/c1-8-7-13-6-5-12(8)9-3-4-10-11(9)2/h3-4,8H,5-7H2,1-2H3/t8-/m1/s1. The molecule has 0 saturated carbocycles. The van der Waals surface area contributed by atoms with Crippen molar-refractivity contribution in [3.05, 3.63) is 12.3 Å². The second-order valence-corrected chi connectivity index (χ2v) is 3.43. The van der Waals surface area contributed by atoms with Crippen molar-refractivity contribution in [2.24, 2.45) is 7.05 Å². The molecule has 0 N–H and O–H groups in total. The van der Waals surface area contributed by atoms with Gasteiger partial charge in [-0.15, -0.1) is 0 Å². The van der Waals surface area contributed by atoms with Crippen LogP contribution in [0.5, 0.6) is 0 Å². The fourth-order valence-electron chi connectivity index (χ4n) is 1.72. The molecule has 0 amide bonds. The third-order valence-corrected chi connectivity index (χ3v) is 2.46. The lowest BCUT2D eigenvalue weighted by Gasteiger charge is -2.34. The van der Waals surface area contributed by atoms with Crippen molar-refractivity contribution in [2.75, 3.05) is 24.7 Å². The topological polar surface area (TPSA) is 30.3 Å². The molecule has 4 heteroatoms. The molecule has 1 aromatic heterocycles. The molecule has 13 heavy (non-hydrogen) atoms. The molecule has 0 aromatic carbocycles. The van der Waals surface area contributed by atoms with Crippen LogP contribution in [0.25, 0.3) is 0 Å². The van der Waals surface area contributed by atoms with Crippen molar-refractivity contribution in [2.45, 2.75) is 13.0 Å². The smallest absolute Gasteiger partial charge is 0.126 e. The third kappa shape index (κ3) is 1.54. The molecule has 2 rings (SSSR count).